The van der Waals surface area contributed by atoms with Crippen LogP contribution in [0.5, 0.6) is 0 Å². The average Bonchev–Trinajstić information content (AvgIpc) is 3.41. The fourth-order valence-electron chi connectivity index (χ4n) is 3.25. The Morgan fingerprint density at radius 2 is 2.15 bits per heavy atom. The maximum absolute atomic E-state index is 12.8. The van der Waals surface area contributed by atoms with Crippen molar-refractivity contribution >= 4 is 44.9 Å². The zero-order valence-corrected chi connectivity index (χ0v) is 17.6. The van der Waals surface area contributed by atoms with Crippen LogP contribution in [0.4, 0.5) is 0 Å². The molecule has 2 aromatic heterocycles. The molecule has 0 saturated carbocycles. The molecule has 1 amide bonds. The Morgan fingerprint density at radius 3 is 2.93 bits per heavy atom. The van der Waals surface area contributed by atoms with E-state index in [1.165, 1.54) is 21.3 Å². The number of thiophene rings is 1. The van der Waals surface area contributed by atoms with Gasteiger partial charge in [0.1, 0.15) is 0 Å². The lowest BCUT2D eigenvalue weighted by Gasteiger charge is -2.23. The highest BCUT2D eigenvalue weighted by molar-refractivity contribution is 9.10. The van der Waals surface area contributed by atoms with Gasteiger partial charge in [-0.15, -0.1) is 21.5 Å². The third kappa shape index (κ3) is 3.76. The number of benzene rings is 1. The molecule has 0 radical (unpaired) electrons. The topological polar surface area (TPSA) is 77.0 Å². The normalized spacial score (nSPS) is 16.8. The van der Waals surface area contributed by atoms with E-state index in [1.807, 2.05) is 35.2 Å². The summed E-state index contributed by atoms with van der Waals surface area (Å²) in [6.07, 6.45) is 2.06. The monoisotopic (exact) mass is 463 g/mol. The lowest BCUT2D eigenvalue weighted by molar-refractivity contribution is -0.129. The van der Waals surface area contributed by atoms with Crippen molar-refractivity contribution in [3.63, 3.8) is 0 Å². The molecule has 1 atom stereocenters. The number of carbonyl (C=O) groups excluding carboxylic acids is 1. The van der Waals surface area contributed by atoms with Crippen molar-refractivity contribution in [3.05, 3.63) is 51.1 Å². The largest absolute Gasteiger partial charge is 0.335 e. The van der Waals surface area contributed by atoms with Crippen molar-refractivity contribution < 1.29 is 4.79 Å². The van der Waals surface area contributed by atoms with Gasteiger partial charge in [0.15, 0.2) is 5.82 Å². The maximum atomic E-state index is 12.8. The molecule has 0 spiro atoms. The molecule has 1 saturated heterocycles. The molecule has 27 heavy (non-hydrogen) atoms. The number of nitrogens with two attached hydrogens (primary N) is 1. The van der Waals surface area contributed by atoms with E-state index in [0.29, 0.717) is 16.7 Å². The minimum absolute atomic E-state index is 0.112. The first kappa shape index (κ1) is 18.5. The van der Waals surface area contributed by atoms with Crippen LogP contribution >= 0.6 is 39.0 Å². The number of nitrogen functional groups attached to an aromatic ring is 1. The molecule has 0 aliphatic carbocycles. The number of nitrogens with zero attached hydrogens (tertiary/aromatic N) is 4. The zero-order chi connectivity index (χ0) is 18.8. The highest BCUT2D eigenvalue weighted by Gasteiger charge is 2.30. The molecule has 0 bridgehead atoms. The number of hydrogen-bond donors (Lipinski definition) is 1. The Balaban J connectivity index is 1.45. The van der Waals surface area contributed by atoms with Crippen LogP contribution in [-0.4, -0.2) is 38.0 Å². The summed E-state index contributed by atoms with van der Waals surface area (Å²) in [5, 5.41) is 10.9. The van der Waals surface area contributed by atoms with Gasteiger partial charge in [-0.1, -0.05) is 45.9 Å². The number of aromatic nitrogens is 3. The van der Waals surface area contributed by atoms with Gasteiger partial charge in [-0.25, -0.2) is 4.68 Å². The van der Waals surface area contributed by atoms with Gasteiger partial charge >= 0.3 is 0 Å². The summed E-state index contributed by atoms with van der Waals surface area (Å²) in [6, 6.07) is 12.0. The van der Waals surface area contributed by atoms with Crippen molar-refractivity contribution in [1.82, 2.24) is 19.8 Å². The molecule has 3 aromatic rings. The van der Waals surface area contributed by atoms with Gasteiger partial charge < -0.3 is 10.7 Å². The maximum Gasteiger partial charge on any atom is 0.233 e. The number of thioether (sulfide) groups is 1. The van der Waals surface area contributed by atoms with E-state index >= 15 is 0 Å². The first-order valence-electron chi connectivity index (χ1n) is 8.56. The molecule has 3 heterocycles. The van der Waals surface area contributed by atoms with Crippen molar-refractivity contribution in [2.24, 2.45) is 0 Å². The summed E-state index contributed by atoms with van der Waals surface area (Å²) in [5.41, 5.74) is 0.864. The minimum Gasteiger partial charge on any atom is -0.335 e. The standard InChI is InChI=1S/C18H18BrN5OS2/c19-13-6-2-1-5-12(13)17-21-22-18(24(17)20)27-11-16(25)23-9-3-7-14(23)15-8-4-10-26-15/h1-2,4-6,8,10,14H,3,7,9,11,20H2. The quantitative estimate of drug-likeness (QED) is 0.457. The summed E-state index contributed by atoms with van der Waals surface area (Å²) < 4.78 is 2.34. The van der Waals surface area contributed by atoms with Crippen LogP contribution in [0.3, 0.4) is 0 Å². The second kappa shape index (κ2) is 8.04. The van der Waals surface area contributed by atoms with Gasteiger partial charge in [0.25, 0.3) is 0 Å². The highest BCUT2D eigenvalue weighted by atomic mass is 79.9. The zero-order valence-electron chi connectivity index (χ0n) is 14.4. The SMILES string of the molecule is Nn1c(SCC(=O)N2CCCC2c2cccs2)nnc1-c1ccccc1Br. The molecular weight excluding hydrogens is 446 g/mol. The Bertz CT molecular complexity index is 943. The first-order chi connectivity index (χ1) is 13.1. The van der Waals surface area contributed by atoms with E-state index in [9.17, 15) is 4.79 Å². The van der Waals surface area contributed by atoms with Crippen molar-refractivity contribution in [2.45, 2.75) is 24.0 Å². The molecule has 140 valence electrons. The number of halogens is 1. The Hall–Kier alpha value is -1.84. The molecular formula is C18H18BrN5OS2. The van der Waals surface area contributed by atoms with Gasteiger partial charge in [-0.2, -0.15) is 0 Å². The first-order valence-corrected chi connectivity index (χ1v) is 11.2. The molecule has 1 unspecified atom stereocenters. The van der Waals surface area contributed by atoms with E-state index in [4.69, 9.17) is 5.84 Å². The molecule has 1 fully saturated rings. The Morgan fingerprint density at radius 1 is 1.30 bits per heavy atom. The predicted molar refractivity (Wildman–Crippen MR) is 112 cm³/mol. The molecule has 1 aromatic carbocycles. The lowest BCUT2D eigenvalue weighted by atomic mass is 10.2. The van der Waals surface area contributed by atoms with E-state index in [0.717, 1.165) is 29.4 Å². The van der Waals surface area contributed by atoms with E-state index in [1.54, 1.807) is 11.3 Å². The van der Waals surface area contributed by atoms with Gasteiger partial charge in [0.05, 0.1) is 11.8 Å². The van der Waals surface area contributed by atoms with Crippen LogP contribution in [0.2, 0.25) is 0 Å². The average molecular weight is 464 g/mol. The van der Waals surface area contributed by atoms with E-state index in [-0.39, 0.29) is 11.9 Å². The number of likely N-dealkylation sites (tertiary alicyclic amines) is 1. The summed E-state index contributed by atoms with van der Waals surface area (Å²) in [5.74, 6) is 7.15. The molecule has 2 N–H and O–H groups in total. The number of rotatable bonds is 5. The van der Waals surface area contributed by atoms with Crippen molar-refractivity contribution in [1.29, 1.82) is 0 Å². The van der Waals surface area contributed by atoms with Gasteiger partial charge in [-0.05, 0) is 36.4 Å². The Labute approximate surface area is 173 Å². The second-order valence-corrected chi connectivity index (χ2v) is 8.98. The van der Waals surface area contributed by atoms with Crippen molar-refractivity contribution in [2.75, 3.05) is 18.1 Å². The van der Waals surface area contributed by atoms with Gasteiger partial charge in [0, 0.05) is 21.5 Å². The van der Waals surface area contributed by atoms with E-state index in [2.05, 4.69) is 37.6 Å². The summed E-state index contributed by atoms with van der Waals surface area (Å²) in [6.45, 7) is 0.805. The Kier molecular flexibility index (Phi) is 5.51. The van der Waals surface area contributed by atoms with Gasteiger partial charge in [-0.3, -0.25) is 4.79 Å². The smallest absolute Gasteiger partial charge is 0.233 e. The molecule has 9 heteroatoms. The molecule has 1 aliphatic rings. The molecule has 4 rings (SSSR count). The van der Waals surface area contributed by atoms with Gasteiger partial charge in [0.2, 0.25) is 11.1 Å². The number of hydrogen-bond acceptors (Lipinski definition) is 6. The third-order valence-corrected chi connectivity index (χ3v) is 7.14. The second-order valence-electron chi connectivity index (χ2n) is 6.21. The fourth-order valence-corrected chi connectivity index (χ4v) is 5.33. The van der Waals surface area contributed by atoms with Crippen LogP contribution in [-0.2, 0) is 4.79 Å². The number of amides is 1. The summed E-state index contributed by atoms with van der Waals surface area (Å²) in [4.78, 5) is 16.0. The van der Waals surface area contributed by atoms with Crippen LogP contribution < -0.4 is 5.84 Å². The van der Waals surface area contributed by atoms with Crippen LogP contribution in [0.1, 0.15) is 23.8 Å². The predicted octanol–water partition coefficient (Wildman–Crippen LogP) is 3.94. The summed E-state index contributed by atoms with van der Waals surface area (Å²) in [7, 11) is 0. The number of carbonyl (C=O) groups is 1. The fraction of sp³-hybridized carbons (Fsp3) is 0.278. The minimum atomic E-state index is 0.112. The van der Waals surface area contributed by atoms with Crippen molar-refractivity contribution in [3.8, 4) is 11.4 Å². The highest BCUT2D eigenvalue weighted by Crippen LogP contribution is 2.35. The summed E-state index contributed by atoms with van der Waals surface area (Å²) >= 11 is 6.54. The van der Waals surface area contributed by atoms with Crippen LogP contribution in [0.25, 0.3) is 11.4 Å². The van der Waals surface area contributed by atoms with Crippen LogP contribution in [0.15, 0.2) is 51.4 Å². The molecule has 6 nitrogen and oxygen atoms in total. The third-order valence-electron chi connectivity index (χ3n) is 4.55. The van der Waals surface area contributed by atoms with Crippen LogP contribution in [0, 0.1) is 0 Å². The lowest BCUT2D eigenvalue weighted by Crippen LogP contribution is -2.31. The van der Waals surface area contributed by atoms with E-state index < -0.39 is 0 Å². The molecule has 1 aliphatic heterocycles.